The number of nitrogens with zero attached hydrogens (tertiary/aromatic N) is 3. The normalized spacial score (nSPS) is 10.6. The highest BCUT2D eigenvalue weighted by atomic mass is 16.5. The Kier molecular flexibility index (Phi) is 7.82. The minimum atomic E-state index is -0.217. The second-order valence-electron chi connectivity index (χ2n) is 6.24. The number of rotatable bonds is 10. The molecule has 0 saturated heterocycles. The first kappa shape index (κ1) is 19.7. The third-order valence-electron chi connectivity index (χ3n) is 3.84. The molecule has 1 amide bonds. The maximum absolute atomic E-state index is 12.1. The minimum absolute atomic E-state index is 0.217. The monoisotopic (exact) mass is 357 g/mol. The molecule has 0 bridgehead atoms. The highest BCUT2D eigenvalue weighted by Crippen LogP contribution is 2.11. The van der Waals surface area contributed by atoms with E-state index < -0.39 is 0 Å². The van der Waals surface area contributed by atoms with Crippen molar-refractivity contribution in [3.8, 4) is 5.75 Å². The smallest absolute Gasteiger partial charge is 0.271 e. The number of hydrogen-bond donors (Lipinski definition) is 2. The Balaban J connectivity index is 1.73. The van der Waals surface area contributed by atoms with Gasteiger partial charge in [-0.25, -0.2) is 0 Å². The van der Waals surface area contributed by atoms with Crippen molar-refractivity contribution in [3.05, 3.63) is 47.7 Å². The molecule has 0 spiro atoms. The molecule has 0 aliphatic carbocycles. The first-order valence-electron chi connectivity index (χ1n) is 8.72. The van der Waals surface area contributed by atoms with E-state index in [0.29, 0.717) is 18.1 Å². The number of anilines is 1. The lowest BCUT2D eigenvalue weighted by Crippen LogP contribution is -2.26. The van der Waals surface area contributed by atoms with Crippen LogP contribution in [0.5, 0.6) is 5.75 Å². The van der Waals surface area contributed by atoms with Crippen LogP contribution in [0, 0.1) is 0 Å². The van der Waals surface area contributed by atoms with E-state index in [0.717, 1.165) is 37.2 Å². The molecule has 1 aromatic carbocycles. The van der Waals surface area contributed by atoms with E-state index in [1.807, 2.05) is 38.4 Å². The molecular formula is C19H27N5O2. The first-order chi connectivity index (χ1) is 12.6. The van der Waals surface area contributed by atoms with Crippen LogP contribution >= 0.6 is 0 Å². The molecule has 1 heterocycles. The number of carbonyl (C=O) groups is 1. The summed E-state index contributed by atoms with van der Waals surface area (Å²) < 4.78 is 5.13. The summed E-state index contributed by atoms with van der Waals surface area (Å²) >= 11 is 0. The van der Waals surface area contributed by atoms with Gasteiger partial charge in [0.15, 0.2) is 5.69 Å². The van der Waals surface area contributed by atoms with Gasteiger partial charge in [-0.05, 0) is 63.3 Å². The van der Waals surface area contributed by atoms with Crippen molar-refractivity contribution in [3.63, 3.8) is 0 Å². The summed E-state index contributed by atoms with van der Waals surface area (Å²) in [5, 5.41) is 14.1. The van der Waals surface area contributed by atoms with Gasteiger partial charge in [-0.15, -0.1) is 10.2 Å². The average molecular weight is 357 g/mol. The first-order valence-corrected chi connectivity index (χ1v) is 8.72. The highest BCUT2D eigenvalue weighted by molar-refractivity contribution is 5.92. The molecule has 1 aromatic heterocycles. The topological polar surface area (TPSA) is 79.4 Å². The van der Waals surface area contributed by atoms with E-state index in [1.54, 1.807) is 19.2 Å². The molecule has 0 atom stereocenters. The molecule has 0 unspecified atom stereocenters. The van der Waals surface area contributed by atoms with Crippen molar-refractivity contribution >= 4 is 11.7 Å². The van der Waals surface area contributed by atoms with Crippen molar-refractivity contribution in [1.82, 2.24) is 20.4 Å². The largest absolute Gasteiger partial charge is 0.497 e. The predicted molar refractivity (Wildman–Crippen MR) is 103 cm³/mol. The van der Waals surface area contributed by atoms with Crippen molar-refractivity contribution < 1.29 is 9.53 Å². The number of methoxy groups -OCH3 is 1. The number of nitrogens with one attached hydrogen (secondary N) is 2. The van der Waals surface area contributed by atoms with Gasteiger partial charge in [-0.3, -0.25) is 4.79 Å². The Bertz CT molecular complexity index is 671. The minimum Gasteiger partial charge on any atom is -0.497 e. The number of benzene rings is 1. The van der Waals surface area contributed by atoms with Gasteiger partial charge in [0, 0.05) is 13.1 Å². The fourth-order valence-corrected chi connectivity index (χ4v) is 2.36. The zero-order chi connectivity index (χ0) is 18.8. The van der Waals surface area contributed by atoms with Gasteiger partial charge >= 0.3 is 0 Å². The molecular weight excluding hydrogens is 330 g/mol. The van der Waals surface area contributed by atoms with Crippen LogP contribution in [0.25, 0.3) is 0 Å². The van der Waals surface area contributed by atoms with Gasteiger partial charge in [0.25, 0.3) is 5.91 Å². The van der Waals surface area contributed by atoms with Crippen LogP contribution in [0.2, 0.25) is 0 Å². The molecule has 0 aliphatic heterocycles. The van der Waals surface area contributed by atoms with Gasteiger partial charge in [0.05, 0.1) is 7.11 Å². The molecule has 2 rings (SSSR count). The molecule has 140 valence electrons. The Hall–Kier alpha value is -2.67. The predicted octanol–water partition coefficient (Wildman–Crippen LogP) is 1.82. The Morgan fingerprint density at radius 2 is 1.85 bits per heavy atom. The van der Waals surface area contributed by atoms with Crippen LogP contribution in [0.1, 0.15) is 22.5 Å². The Labute approximate surface area is 154 Å². The van der Waals surface area contributed by atoms with E-state index in [4.69, 9.17) is 4.74 Å². The van der Waals surface area contributed by atoms with Gasteiger partial charge in [0.1, 0.15) is 11.6 Å². The zero-order valence-corrected chi connectivity index (χ0v) is 15.7. The number of hydrogen-bond acceptors (Lipinski definition) is 6. The maximum atomic E-state index is 12.1. The van der Waals surface area contributed by atoms with Gasteiger partial charge < -0.3 is 20.3 Å². The summed E-state index contributed by atoms with van der Waals surface area (Å²) in [6.45, 7) is 2.37. The summed E-state index contributed by atoms with van der Waals surface area (Å²) in [6, 6.07) is 11.3. The summed E-state index contributed by atoms with van der Waals surface area (Å²) in [5.74, 6) is 1.28. The summed E-state index contributed by atoms with van der Waals surface area (Å²) in [4.78, 5) is 14.3. The molecule has 0 aliphatic rings. The van der Waals surface area contributed by atoms with E-state index in [-0.39, 0.29) is 5.91 Å². The second kappa shape index (κ2) is 10.4. The van der Waals surface area contributed by atoms with Gasteiger partial charge in [-0.1, -0.05) is 12.1 Å². The van der Waals surface area contributed by atoms with Crippen LogP contribution in [0.4, 0.5) is 5.82 Å². The fraction of sp³-hybridized carbons (Fsp3) is 0.421. The van der Waals surface area contributed by atoms with Crippen LogP contribution in [0.3, 0.4) is 0 Å². The molecule has 0 saturated carbocycles. The quantitative estimate of drug-likeness (QED) is 0.632. The fourth-order valence-electron chi connectivity index (χ4n) is 2.36. The van der Waals surface area contributed by atoms with Crippen LogP contribution in [-0.2, 0) is 6.42 Å². The van der Waals surface area contributed by atoms with Crippen molar-refractivity contribution in [1.29, 1.82) is 0 Å². The number of ether oxygens (including phenoxy) is 1. The van der Waals surface area contributed by atoms with Crippen LogP contribution in [-0.4, -0.2) is 61.8 Å². The number of amides is 1. The lowest BCUT2D eigenvalue weighted by atomic mass is 10.1. The molecule has 2 aromatic rings. The Morgan fingerprint density at radius 1 is 1.08 bits per heavy atom. The van der Waals surface area contributed by atoms with E-state index in [1.165, 1.54) is 0 Å². The maximum Gasteiger partial charge on any atom is 0.271 e. The summed E-state index contributed by atoms with van der Waals surface area (Å²) in [7, 11) is 5.73. The SMILES string of the molecule is COc1ccc(CCNC(=O)c2ccc(NCCCN(C)C)nn2)cc1. The van der Waals surface area contributed by atoms with Crippen molar-refractivity contribution in [2.45, 2.75) is 12.8 Å². The molecule has 2 N–H and O–H groups in total. The average Bonchev–Trinajstić information content (AvgIpc) is 2.66. The van der Waals surface area contributed by atoms with Crippen molar-refractivity contribution in [2.75, 3.05) is 46.2 Å². The zero-order valence-electron chi connectivity index (χ0n) is 15.7. The van der Waals surface area contributed by atoms with Gasteiger partial charge in [-0.2, -0.15) is 0 Å². The third kappa shape index (κ3) is 6.68. The third-order valence-corrected chi connectivity index (χ3v) is 3.84. The number of aromatic nitrogens is 2. The van der Waals surface area contributed by atoms with E-state index >= 15 is 0 Å². The number of carbonyl (C=O) groups excluding carboxylic acids is 1. The summed E-state index contributed by atoms with van der Waals surface area (Å²) in [5.41, 5.74) is 1.45. The molecule has 26 heavy (non-hydrogen) atoms. The van der Waals surface area contributed by atoms with E-state index in [9.17, 15) is 4.79 Å². The lowest BCUT2D eigenvalue weighted by molar-refractivity contribution is 0.0948. The molecule has 0 fully saturated rings. The van der Waals surface area contributed by atoms with Crippen LogP contribution < -0.4 is 15.4 Å². The lowest BCUT2D eigenvalue weighted by Gasteiger charge is -2.10. The van der Waals surface area contributed by atoms with Crippen molar-refractivity contribution in [2.24, 2.45) is 0 Å². The molecule has 7 heteroatoms. The molecule has 0 radical (unpaired) electrons. The Morgan fingerprint density at radius 3 is 2.46 bits per heavy atom. The molecule has 7 nitrogen and oxygen atoms in total. The summed E-state index contributed by atoms with van der Waals surface area (Å²) in [6.07, 6.45) is 1.76. The van der Waals surface area contributed by atoms with E-state index in [2.05, 4.69) is 25.7 Å². The van der Waals surface area contributed by atoms with Crippen LogP contribution in [0.15, 0.2) is 36.4 Å². The van der Waals surface area contributed by atoms with Gasteiger partial charge in [0.2, 0.25) is 0 Å². The highest BCUT2D eigenvalue weighted by Gasteiger charge is 2.07. The standard InChI is InChI=1S/C19H27N5O2/c1-24(2)14-4-12-20-18-10-9-17(22-23-18)19(25)21-13-11-15-5-7-16(26-3)8-6-15/h5-10H,4,11-14H2,1-3H3,(H,20,23)(H,21,25). The second-order valence-corrected chi connectivity index (χ2v) is 6.24.